The fraction of sp³-hybridized carbons (Fsp3) is 0.200. The van der Waals surface area contributed by atoms with Crippen molar-refractivity contribution in [1.82, 2.24) is 9.88 Å². The molecule has 1 N–H and O–H groups in total. The number of methoxy groups -OCH3 is 1. The molecule has 1 heterocycles. The van der Waals surface area contributed by atoms with Gasteiger partial charge in [-0.1, -0.05) is 24.3 Å². The first kappa shape index (κ1) is 16.8. The number of hydrogen-bond donors (Lipinski definition) is 1. The van der Waals surface area contributed by atoms with Crippen molar-refractivity contribution in [2.75, 3.05) is 13.7 Å². The monoisotopic (exact) mass is 336 g/mol. The summed E-state index contributed by atoms with van der Waals surface area (Å²) >= 11 is 0. The molecule has 0 aliphatic rings. The molecule has 0 bridgehead atoms. The molecule has 0 spiro atoms. The molecule has 0 saturated heterocycles. The average Bonchev–Trinajstić information content (AvgIpc) is 2.65. The van der Waals surface area contributed by atoms with Crippen molar-refractivity contribution in [3.63, 3.8) is 0 Å². The van der Waals surface area contributed by atoms with Crippen LogP contribution in [0.1, 0.15) is 15.9 Å². The van der Waals surface area contributed by atoms with Crippen LogP contribution in [0.15, 0.2) is 59.5 Å². The van der Waals surface area contributed by atoms with Crippen LogP contribution in [-0.2, 0) is 13.5 Å². The Labute approximate surface area is 145 Å². The Balaban J connectivity index is 1.72. The van der Waals surface area contributed by atoms with Gasteiger partial charge in [-0.25, -0.2) is 0 Å². The van der Waals surface area contributed by atoms with E-state index >= 15 is 0 Å². The third-order valence-electron chi connectivity index (χ3n) is 4.20. The molecule has 3 rings (SSSR count). The van der Waals surface area contributed by atoms with Gasteiger partial charge in [-0.3, -0.25) is 9.59 Å². The van der Waals surface area contributed by atoms with Gasteiger partial charge in [0.15, 0.2) is 0 Å². The lowest BCUT2D eigenvalue weighted by Gasteiger charge is -2.10. The lowest BCUT2D eigenvalue weighted by Crippen LogP contribution is -2.31. The normalized spacial score (nSPS) is 10.6. The summed E-state index contributed by atoms with van der Waals surface area (Å²) in [6.07, 6.45) is 2.27. The Hall–Kier alpha value is -3.08. The number of carbonyl (C=O) groups excluding carboxylic acids is 1. The fourth-order valence-electron chi connectivity index (χ4n) is 2.81. The smallest absolute Gasteiger partial charge is 0.256 e. The highest BCUT2D eigenvalue weighted by molar-refractivity contribution is 5.97. The van der Waals surface area contributed by atoms with E-state index in [0.29, 0.717) is 18.4 Å². The van der Waals surface area contributed by atoms with Gasteiger partial charge in [0.2, 0.25) is 5.43 Å². The third-order valence-corrected chi connectivity index (χ3v) is 4.20. The Morgan fingerprint density at radius 3 is 2.56 bits per heavy atom. The number of aromatic nitrogens is 1. The Morgan fingerprint density at radius 2 is 1.84 bits per heavy atom. The number of ether oxygens (including phenoxy) is 1. The molecule has 0 fully saturated rings. The number of rotatable bonds is 5. The van der Waals surface area contributed by atoms with Crippen molar-refractivity contribution in [1.29, 1.82) is 0 Å². The maximum absolute atomic E-state index is 12.5. The number of nitrogens with zero attached hydrogens (tertiary/aromatic N) is 1. The zero-order valence-corrected chi connectivity index (χ0v) is 14.3. The highest BCUT2D eigenvalue weighted by Crippen LogP contribution is 2.12. The maximum atomic E-state index is 12.5. The Kier molecular flexibility index (Phi) is 4.84. The van der Waals surface area contributed by atoms with E-state index in [0.717, 1.165) is 16.8 Å². The molecule has 3 aromatic rings. The van der Waals surface area contributed by atoms with E-state index in [1.165, 1.54) is 0 Å². The van der Waals surface area contributed by atoms with Crippen molar-refractivity contribution in [3.05, 3.63) is 76.1 Å². The summed E-state index contributed by atoms with van der Waals surface area (Å²) in [5, 5.41) is 3.37. The standard InChI is InChI=1S/C20H20N2O3/c1-22-13-17(19(23)16-5-3-4-6-18(16)22)20(24)21-12-11-14-7-9-15(25-2)10-8-14/h3-10,13H,11-12H2,1-2H3,(H,21,24). The van der Waals surface area contributed by atoms with Gasteiger partial charge in [0.05, 0.1) is 12.6 Å². The van der Waals surface area contributed by atoms with Crippen LogP contribution in [0, 0.1) is 0 Å². The summed E-state index contributed by atoms with van der Waals surface area (Å²) in [4.78, 5) is 24.9. The highest BCUT2D eigenvalue weighted by atomic mass is 16.5. The van der Waals surface area contributed by atoms with E-state index in [1.807, 2.05) is 43.4 Å². The number of para-hydroxylation sites is 1. The summed E-state index contributed by atoms with van der Waals surface area (Å²) in [6.45, 7) is 0.459. The highest BCUT2D eigenvalue weighted by Gasteiger charge is 2.13. The van der Waals surface area contributed by atoms with E-state index in [9.17, 15) is 9.59 Å². The van der Waals surface area contributed by atoms with Crippen LogP contribution in [0.5, 0.6) is 5.75 Å². The third kappa shape index (κ3) is 3.55. The van der Waals surface area contributed by atoms with Crippen LogP contribution in [0.25, 0.3) is 10.9 Å². The largest absolute Gasteiger partial charge is 0.497 e. The molecule has 0 radical (unpaired) electrons. The second-order valence-corrected chi connectivity index (χ2v) is 5.85. The fourth-order valence-corrected chi connectivity index (χ4v) is 2.81. The molecule has 1 amide bonds. The zero-order chi connectivity index (χ0) is 17.8. The van der Waals surface area contributed by atoms with Crippen LogP contribution in [-0.4, -0.2) is 24.1 Å². The van der Waals surface area contributed by atoms with Crippen molar-refractivity contribution in [3.8, 4) is 5.75 Å². The molecule has 0 unspecified atom stereocenters. The molecule has 2 aromatic carbocycles. The van der Waals surface area contributed by atoms with Crippen LogP contribution >= 0.6 is 0 Å². The predicted octanol–water partition coefficient (Wildman–Crippen LogP) is 2.52. The topological polar surface area (TPSA) is 60.3 Å². The summed E-state index contributed by atoms with van der Waals surface area (Å²) in [7, 11) is 3.45. The van der Waals surface area contributed by atoms with E-state index in [2.05, 4.69) is 5.32 Å². The Bertz CT molecular complexity index is 959. The first-order valence-electron chi connectivity index (χ1n) is 8.09. The summed E-state index contributed by atoms with van der Waals surface area (Å²) in [5.74, 6) is 0.451. The number of pyridine rings is 1. The molecule has 0 aliphatic heterocycles. The molecular weight excluding hydrogens is 316 g/mol. The Morgan fingerprint density at radius 1 is 1.12 bits per heavy atom. The van der Waals surface area contributed by atoms with E-state index in [4.69, 9.17) is 4.74 Å². The van der Waals surface area contributed by atoms with Gasteiger partial charge in [-0.15, -0.1) is 0 Å². The lowest BCUT2D eigenvalue weighted by atomic mass is 10.1. The minimum atomic E-state index is -0.347. The van der Waals surface area contributed by atoms with Crippen molar-refractivity contribution < 1.29 is 9.53 Å². The molecule has 0 atom stereocenters. The zero-order valence-electron chi connectivity index (χ0n) is 14.3. The summed E-state index contributed by atoms with van der Waals surface area (Å²) in [6, 6.07) is 15.0. The van der Waals surface area contributed by atoms with Gasteiger partial charge in [-0.05, 0) is 36.2 Å². The average molecular weight is 336 g/mol. The first-order chi connectivity index (χ1) is 12.1. The SMILES string of the molecule is COc1ccc(CCNC(=O)c2cn(C)c3ccccc3c2=O)cc1. The number of amides is 1. The van der Waals surface area contributed by atoms with Crippen LogP contribution < -0.4 is 15.5 Å². The van der Waals surface area contributed by atoms with Crippen molar-refractivity contribution in [2.45, 2.75) is 6.42 Å². The second kappa shape index (κ2) is 7.21. The number of nitrogens with one attached hydrogen (secondary N) is 1. The minimum absolute atomic E-state index is 0.163. The number of fused-ring (bicyclic) bond motifs is 1. The van der Waals surface area contributed by atoms with Crippen molar-refractivity contribution in [2.24, 2.45) is 7.05 Å². The van der Waals surface area contributed by atoms with Crippen LogP contribution in [0.2, 0.25) is 0 Å². The second-order valence-electron chi connectivity index (χ2n) is 5.85. The quantitative estimate of drug-likeness (QED) is 0.779. The summed E-state index contributed by atoms with van der Waals surface area (Å²) < 4.78 is 6.92. The van der Waals surface area contributed by atoms with Gasteiger partial charge in [-0.2, -0.15) is 0 Å². The van der Waals surface area contributed by atoms with Gasteiger partial charge >= 0.3 is 0 Å². The van der Waals surface area contributed by atoms with Crippen molar-refractivity contribution >= 4 is 16.8 Å². The van der Waals surface area contributed by atoms with Gasteiger partial charge in [0.1, 0.15) is 11.3 Å². The maximum Gasteiger partial charge on any atom is 0.256 e. The number of carbonyl (C=O) groups is 1. The van der Waals surface area contributed by atoms with E-state index in [-0.39, 0.29) is 16.9 Å². The lowest BCUT2D eigenvalue weighted by molar-refractivity contribution is 0.0952. The van der Waals surface area contributed by atoms with Gasteiger partial charge in [0, 0.05) is 25.2 Å². The van der Waals surface area contributed by atoms with Crippen LogP contribution in [0.4, 0.5) is 0 Å². The van der Waals surface area contributed by atoms with E-state index in [1.54, 1.807) is 30.0 Å². The molecular formula is C20H20N2O3. The molecule has 25 heavy (non-hydrogen) atoms. The molecule has 5 nitrogen and oxygen atoms in total. The molecule has 5 heteroatoms. The number of aryl methyl sites for hydroxylation is 1. The molecule has 128 valence electrons. The number of hydrogen-bond acceptors (Lipinski definition) is 3. The molecule has 0 aliphatic carbocycles. The first-order valence-corrected chi connectivity index (χ1v) is 8.09. The van der Waals surface area contributed by atoms with Gasteiger partial charge < -0.3 is 14.6 Å². The summed E-state index contributed by atoms with van der Waals surface area (Å²) in [5.41, 5.74) is 1.82. The number of benzene rings is 2. The minimum Gasteiger partial charge on any atom is -0.497 e. The van der Waals surface area contributed by atoms with E-state index < -0.39 is 0 Å². The molecule has 1 aromatic heterocycles. The van der Waals surface area contributed by atoms with Gasteiger partial charge in [0.25, 0.3) is 5.91 Å². The molecule has 0 saturated carbocycles. The van der Waals surface area contributed by atoms with Crippen LogP contribution in [0.3, 0.4) is 0 Å². The predicted molar refractivity (Wildman–Crippen MR) is 98.2 cm³/mol.